The topological polar surface area (TPSA) is 122 Å². The van der Waals surface area contributed by atoms with Crippen LogP contribution in [0.3, 0.4) is 0 Å². The van der Waals surface area contributed by atoms with Crippen LogP contribution in [0.25, 0.3) is 11.1 Å². The quantitative estimate of drug-likeness (QED) is 0.456. The van der Waals surface area contributed by atoms with Crippen LogP contribution in [0.4, 0.5) is 23.0 Å². The first-order valence-corrected chi connectivity index (χ1v) is 12.9. The van der Waals surface area contributed by atoms with Crippen molar-refractivity contribution >= 4 is 33.8 Å². The molecule has 1 aromatic carbocycles. The maximum Gasteiger partial charge on any atom is 0.148 e. The Labute approximate surface area is 196 Å². The van der Waals surface area contributed by atoms with Gasteiger partial charge in [0.05, 0.1) is 18.4 Å². The first-order valence-electron chi connectivity index (χ1n) is 11.2. The largest absolute Gasteiger partial charge is 0.397 e. The maximum absolute atomic E-state index is 11.3. The van der Waals surface area contributed by atoms with Crippen LogP contribution in [0.5, 0.6) is 0 Å². The number of nitriles is 1. The zero-order valence-corrected chi connectivity index (χ0v) is 19.6. The van der Waals surface area contributed by atoms with Gasteiger partial charge < -0.3 is 16.4 Å². The second-order valence-electron chi connectivity index (χ2n) is 8.38. The van der Waals surface area contributed by atoms with Gasteiger partial charge in [0.1, 0.15) is 23.3 Å². The molecule has 2 aromatic heterocycles. The maximum atomic E-state index is 11.3. The predicted octanol–water partition coefficient (Wildman–Crippen LogP) is 4.27. The SMILES string of the molecule is CS(=O)CCn1cc(-c2ccc(Nc3cc(N)c(C#N)c(NC4CCCCC4)n3)cc2)cn1. The highest BCUT2D eigenvalue weighted by atomic mass is 32.2. The number of anilines is 4. The van der Waals surface area contributed by atoms with Crippen LogP contribution in [0, 0.1) is 11.3 Å². The third-order valence-electron chi connectivity index (χ3n) is 5.84. The first kappa shape index (κ1) is 22.8. The molecule has 0 spiro atoms. The summed E-state index contributed by atoms with van der Waals surface area (Å²) in [7, 11) is -0.838. The van der Waals surface area contributed by atoms with Crippen molar-refractivity contribution in [1.82, 2.24) is 14.8 Å². The third kappa shape index (κ3) is 5.90. The van der Waals surface area contributed by atoms with Crippen LogP contribution in [0.15, 0.2) is 42.7 Å². The monoisotopic (exact) mass is 463 g/mol. The van der Waals surface area contributed by atoms with E-state index >= 15 is 0 Å². The lowest BCUT2D eigenvalue weighted by Crippen LogP contribution is -2.23. The fraction of sp³-hybridized carbons (Fsp3) is 0.375. The molecule has 1 aliphatic rings. The molecular weight excluding hydrogens is 434 g/mol. The Kier molecular flexibility index (Phi) is 7.25. The standard InChI is InChI=1S/C24H29N7OS/c1-33(32)12-11-31-16-18(15-27-31)17-7-9-20(10-8-17)28-23-13-22(26)21(14-25)24(30-23)29-19-5-3-2-4-6-19/h7-10,13,15-16,19H,2-6,11-12H2,1H3,(H4,26,28,29,30). The van der Waals surface area contributed by atoms with E-state index in [0.29, 0.717) is 41.2 Å². The van der Waals surface area contributed by atoms with E-state index in [1.54, 1.807) is 12.3 Å². The minimum absolute atomic E-state index is 0.325. The summed E-state index contributed by atoms with van der Waals surface area (Å²) >= 11 is 0. The Hall–Kier alpha value is -3.38. The molecule has 1 unspecified atom stereocenters. The van der Waals surface area contributed by atoms with Crippen LogP contribution < -0.4 is 16.4 Å². The van der Waals surface area contributed by atoms with Crippen molar-refractivity contribution in [3.05, 3.63) is 48.3 Å². The molecular formula is C24H29N7OS. The summed E-state index contributed by atoms with van der Waals surface area (Å²) < 4.78 is 13.1. The number of nitrogens with two attached hydrogens (primary N) is 1. The molecule has 8 nitrogen and oxygen atoms in total. The van der Waals surface area contributed by atoms with Gasteiger partial charge in [-0.15, -0.1) is 0 Å². The lowest BCUT2D eigenvalue weighted by molar-refractivity contribution is 0.462. The Morgan fingerprint density at radius 2 is 1.97 bits per heavy atom. The van der Waals surface area contributed by atoms with Crippen molar-refractivity contribution in [2.24, 2.45) is 0 Å². The van der Waals surface area contributed by atoms with E-state index in [4.69, 9.17) is 5.73 Å². The number of aromatic nitrogens is 3. The van der Waals surface area contributed by atoms with E-state index < -0.39 is 10.8 Å². The average molecular weight is 464 g/mol. The summed E-state index contributed by atoms with van der Waals surface area (Å²) in [4.78, 5) is 4.65. The van der Waals surface area contributed by atoms with E-state index in [2.05, 4.69) is 26.8 Å². The Morgan fingerprint density at radius 1 is 1.21 bits per heavy atom. The Morgan fingerprint density at radius 3 is 2.67 bits per heavy atom. The first-order chi connectivity index (χ1) is 16.0. The van der Waals surface area contributed by atoms with Gasteiger partial charge in [-0.2, -0.15) is 10.4 Å². The molecule has 1 aliphatic carbocycles. The Bertz CT molecular complexity index is 1160. The van der Waals surface area contributed by atoms with Crippen LogP contribution >= 0.6 is 0 Å². The molecule has 1 fully saturated rings. The molecule has 2 heterocycles. The number of hydrogen-bond acceptors (Lipinski definition) is 7. The lowest BCUT2D eigenvalue weighted by atomic mass is 9.95. The van der Waals surface area contributed by atoms with Crippen LogP contribution in [-0.2, 0) is 17.3 Å². The second kappa shape index (κ2) is 10.5. The highest BCUT2D eigenvalue weighted by Gasteiger charge is 2.18. The van der Waals surface area contributed by atoms with Crippen molar-refractivity contribution in [2.45, 2.75) is 44.7 Å². The Balaban J connectivity index is 1.47. The summed E-state index contributed by atoms with van der Waals surface area (Å²) in [6, 6.07) is 12.2. The van der Waals surface area contributed by atoms with Crippen molar-refractivity contribution < 1.29 is 4.21 Å². The molecule has 9 heteroatoms. The summed E-state index contributed by atoms with van der Waals surface area (Å²) in [5.41, 5.74) is 9.88. The molecule has 1 atom stereocenters. The van der Waals surface area contributed by atoms with Crippen molar-refractivity contribution in [2.75, 3.05) is 28.4 Å². The number of hydrogen-bond donors (Lipinski definition) is 3. The van der Waals surface area contributed by atoms with E-state index in [9.17, 15) is 9.47 Å². The highest BCUT2D eigenvalue weighted by Crippen LogP contribution is 2.29. The van der Waals surface area contributed by atoms with Gasteiger partial charge in [-0.1, -0.05) is 31.4 Å². The molecule has 172 valence electrons. The molecule has 1 saturated carbocycles. The average Bonchev–Trinajstić information content (AvgIpc) is 3.28. The predicted molar refractivity (Wildman–Crippen MR) is 134 cm³/mol. The molecule has 4 rings (SSSR count). The number of nitrogens with zero attached hydrogens (tertiary/aromatic N) is 4. The highest BCUT2D eigenvalue weighted by molar-refractivity contribution is 7.84. The van der Waals surface area contributed by atoms with E-state index in [1.807, 2.05) is 41.3 Å². The van der Waals surface area contributed by atoms with Gasteiger partial charge in [-0.25, -0.2) is 4.98 Å². The van der Waals surface area contributed by atoms with Crippen molar-refractivity contribution in [1.29, 1.82) is 5.26 Å². The second-order valence-corrected chi connectivity index (χ2v) is 9.94. The van der Waals surface area contributed by atoms with E-state index in [1.165, 1.54) is 19.3 Å². The molecule has 0 amide bonds. The number of pyridine rings is 1. The zero-order chi connectivity index (χ0) is 23.2. The minimum Gasteiger partial charge on any atom is -0.397 e. The van der Waals surface area contributed by atoms with Crippen LogP contribution in [0.1, 0.15) is 37.7 Å². The van der Waals surface area contributed by atoms with Crippen molar-refractivity contribution in [3.8, 4) is 17.2 Å². The normalized spacial score (nSPS) is 15.0. The van der Waals surface area contributed by atoms with Gasteiger partial charge in [0.2, 0.25) is 0 Å². The summed E-state index contributed by atoms with van der Waals surface area (Å²) in [5, 5.41) is 20.6. The fourth-order valence-electron chi connectivity index (χ4n) is 4.04. The third-order valence-corrected chi connectivity index (χ3v) is 6.60. The summed E-state index contributed by atoms with van der Waals surface area (Å²) in [6.45, 7) is 0.631. The number of nitrogen functional groups attached to an aromatic ring is 1. The van der Waals surface area contributed by atoms with Gasteiger partial charge in [0.15, 0.2) is 0 Å². The van der Waals surface area contributed by atoms with Gasteiger partial charge in [0.25, 0.3) is 0 Å². The number of nitrogens with one attached hydrogen (secondary N) is 2. The smallest absolute Gasteiger partial charge is 0.148 e. The van der Waals surface area contributed by atoms with Gasteiger partial charge in [-0.05, 0) is 30.5 Å². The van der Waals surface area contributed by atoms with Gasteiger partial charge in [-0.3, -0.25) is 8.89 Å². The zero-order valence-electron chi connectivity index (χ0n) is 18.8. The molecule has 33 heavy (non-hydrogen) atoms. The minimum atomic E-state index is -0.838. The van der Waals surface area contributed by atoms with Crippen LogP contribution in [0.2, 0.25) is 0 Å². The lowest BCUT2D eigenvalue weighted by Gasteiger charge is -2.24. The number of rotatable bonds is 8. The summed E-state index contributed by atoms with van der Waals surface area (Å²) in [5.74, 6) is 1.73. The molecule has 0 aliphatic heterocycles. The molecule has 3 aromatic rings. The molecule has 4 N–H and O–H groups in total. The van der Waals surface area contributed by atoms with Gasteiger partial charge in [0, 0.05) is 52.4 Å². The van der Waals surface area contributed by atoms with E-state index in [-0.39, 0.29) is 0 Å². The van der Waals surface area contributed by atoms with Crippen molar-refractivity contribution in [3.63, 3.8) is 0 Å². The van der Waals surface area contributed by atoms with Gasteiger partial charge >= 0.3 is 0 Å². The van der Waals surface area contributed by atoms with E-state index in [0.717, 1.165) is 29.7 Å². The molecule has 0 saturated heterocycles. The number of aryl methyl sites for hydroxylation is 1. The fourth-order valence-corrected chi connectivity index (χ4v) is 4.49. The number of benzene rings is 1. The van der Waals surface area contributed by atoms with Crippen LogP contribution in [-0.4, -0.2) is 37.0 Å². The molecule has 0 bridgehead atoms. The molecule has 0 radical (unpaired) electrons. The summed E-state index contributed by atoms with van der Waals surface area (Å²) in [6.07, 6.45) is 11.3.